The highest BCUT2D eigenvalue weighted by Gasteiger charge is 2.39. The molecule has 0 N–H and O–H groups in total. The van der Waals surface area contributed by atoms with Gasteiger partial charge in [0, 0.05) is 13.1 Å². The van der Waals surface area contributed by atoms with Gasteiger partial charge < -0.3 is 19.3 Å². The minimum absolute atomic E-state index is 0.0516. The quantitative estimate of drug-likeness (QED) is 0.454. The maximum atomic E-state index is 13.2. The molecule has 2 heterocycles. The number of unbranched alkanes of at least 4 members (excludes halogenated alkanes) is 1. The van der Waals surface area contributed by atoms with E-state index in [2.05, 4.69) is 6.92 Å². The maximum absolute atomic E-state index is 13.2. The fraction of sp³-hybridized carbons (Fsp3) is 0.846. The molecular weight excluding hydrogens is 450 g/mol. The standard InChI is InChI=1S/C26H45N3O6/c1-8-9-14-27(17-21(30)28-15-10-12-19(28)23(32)34-25(2,3)4)18-22(31)29-16-11-13-20(29)24(33)35-26(5,6)7/h19-20H,8-18H2,1-7H3. The van der Waals surface area contributed by atoms with Crippen LogP contribution in [0, 0.1) is 0 Å². The maximum Gasteiger partial charge on any atom is 0.329 e. The topological polar surface area (TPSA) is 96.5 Å². The summed E-state index contributed by atoms with van der Waals surface area (Å²) in [6, 6.07) is -1.17. The largest absolute Gasteiger partial charge is 0.458 e. The zero-order valence-electron chi connectivity index (χ0n) is 22.7. The molecular formula is C26H45N3O6. The van der Waals surface area contributed by atoms with Crippen LogP contribution in [0.3, 0.4) is 0 Å². The molecule has 0 saturated carbocycles. The van der Waals surface area contributed by atoms with Crippen molar-refractivity contribution in [2.24, 2.45) is 0 Å². The molecule has 2 amide bonds. The lowest BCUT2D eigenvalue weighted by molar-refractivity contribution is -0.163. The van der Waals surface area contributed by atoms with Gasteiger partial charge in [0.2, 0.25) is 11.8 Å². The van der Waals surface area contributed by atoms with Crippen LogP contribution >= 0.6 is 0 Å². The average molecular weight is 496 g/mol. The Balaban J connectivity index is 2.04. The predicted molar refractivity (Wildman–Crippen MR) is 133 cm³/mol. The van der Waals surface area contributed by atoms with E-state index in [-0.39, 0.29) is 36.8 Å². The van der Waals surface area contributed by atoms with Crippen LogP contribution in [0.5, 0.6) is 0 Å². The monoisotopic (exact) mass is 495 g/mol. The summed E-state index contributed by atoms with van der Waals surface area (Å²) in [5.41, 5.74) is -1.23. The number of hydrogen-bond donors (Lipinski definition) is 0. The van der Waals surface area contributed by atoms with E-state index in [1.807, 2.05) is 46.4 Å². The molecule has 2 atom stereocenters. The average Bonchev–Trinajstić information content (AvgIpc) is 3.38. The number of likely N-dealkylation sites (tertiary alicyclic amines) is 2. The van der Waals surface area contributed by atoms with E-state index in [0.29, 0.717) is 32.5 Å². The lowest BCUT2D eigenvalue weighted by Crippen LogP contribution is -2.50. The van der Waals surface area contributed by atoms with Crippen molar-refractivity contribution in [3.63, 3.8) is 0 Å². The van der Waals surface area contributed by atoms with Crippen molar-refractivity contribution in [2.45, 2.75) is 110 Å². The van der Waals surface area contributed by atoms with Crippen molar-refractivity contribution in [3.05, 3.63) is 0 Å². The Bertz CT molecular complexity index is 710. The van der Waals surface area contributed by atoms with Crippen molar-refractivity contribution in [2.75, 3.05) is 32.7 Å². The van der Waals surface area contributed by atoms with Crippen LogP contribution in [0.2, 0.25) is 0 Å². The number of ether oxygens (including phenoxy) is 2. The number of hydrogen-bond acceptors (Lipinski definition) is 7. The second-order valence-corrected chi connectivity index (χ2v) is 11.6. The molecule has 0 spiro atoms. The van der Waals surface area contributed by atoms with Gasteiger partial charge >= 0.3 is 11.9 Å². The Labute approximate surface area is 210 Å². The van der Waals surface area contributed by atoms with Crippen LogP contribution in [0.15, 0.2) is 0 Å². The van der Waals surface area contributed by atoms with Crippen LogP contribution in [0.1, 0.15) is 87.0 Å². The molecule has 200 valence electrons. The van der Waals surface area contributed by atoms with Crippen LogP contribution < -0.4 is 0 Å². The van der Waals surface area contributed by atoms with Crippen molar-refractivity contribution >= 4 is 23.8 Å². The van der Waals surface area contributed by atoms with Crippen molar-refractivity contribution in [3.8, 4) is 0 Å². The highest BCUT2D eigenvalue weighted by molar-refractivity contribution is 5.88. The number of nitrogens with zero attached hydrogens (tertiary/aromatic N) is 3. The highest BCUT2D eigenvalue weighted by Crippen LogP contribution is 2.23. The molecule has 9 nitrogen and oxygen atoms in total. The lowest BCUT2D eigenvalue weighted by atomic mass is 10.1. The molecule has 9 heteroatoms. The first-order valence-corrected chi connectivity index (χ1v) is 13.0. The molecule has 2 fully saturated rings. The summed E-state index contributed by atoms with van der Waals surface area (Å²) >= 11 is 0. The van der Waals surface area contributed by atoms with Gasteiger partial charge in [-0.15, -0.1) is 0 Å². The third-order valence-corrected chi connectivity index (χ3v) is 6.05. The molecule has 35 heavy (non-hydrogen) atoms. The molecule has 2 unspecified atom stereocenters. The third kappa shape index (κ3) is 9.09. The lowest BCUT2D eigenvalue weighted by Gasteiger charge is -2.31. The van der Waals surface area contributed by atoms with Gasteiger partial charge in [0.05, 0.1) is 13.1 Å². The minimum atomic E-state index is -0.617. The van der Waals surface area contributed by atoms with Gasteiger partial charge in [-0.25, -0.2) is 9.59 Å². The van der Waals surface area contributed by atoms with E-state index in [9.17, 15) is 19.2 Å². The van der Waals surface area contributed by atoms with E-state index in [4.69, 9.17) is 9.47 Å². The molecule has 2 saturated heterocycles. The van der Waals surface area contributed by atoms with Gasteiger partial charge in [-0.1, -0.05) is 13.3 Å². The first kappa shape index (κ1) is 29.1. The van der Waals surface area contributed by atoms with Crippen molar-refractivity contribution in [1.29, 1.82) is 0 Å². The Hall–Kier alpha value is -2.16. The zero-order valence-corrected chi connectivity index (χ0v) is 22.7. The Morgan fingerprint density at radius 2 is 1.17 bits per heavy atom. The summed E-state index contributed by atoms with van der Waals surface area (Å²) in [6.45, 7) is 14.6. The first-order valence-electron chi connectivity index (χ1n) is 13.0. The van der Waals surface area contributed by atoms with Gasteiger partial charge in [0.15, 0.2) is 0 Å². The number of rotatable bonds is 9. The van der Waals surface area contributed by atoms with E-state index in [1.165, 1.54) is 0 Å². The summed E-state index contributed by atoms with van der Waals surface area (Å²) in [4.78, 5) is 56.7. The third-order valence-electron chi connectivity index (χ3n) is 6.05. The molecule has 2 aliphatic rings. The van der Waals surface area contributed by atoms with Gasteiger partial charge in [0.25, 0.3) is 0 Å². The van der Waals surface area contributed by atoms with Gasteiger partial charge in [-0.2, -0.15) is 0 Å². The number of esters is 2. The molecule has 2 rings (SSSR count). The Morgan fingerprint density at radius 1 is 0.771 bits per heavy atom. The summed E-state index contributed by atoms with van der Waals surface area (Å²) in [6.07, 6.45) is 4.42. The van der Waals surface area contributed by atoms with E-state index in [0.717, 1.165) is 25.7 Å². The second kappa shape index (κ2) is 12.2. The van der Waals surface area contributed by atoms with Crippen LogP contribution in [0.4, 0.5) is 0 Å². The Morgan fingerprint density at radius 3 is 1.51 bits per heavy atom. The molecule has 0 aliphatic carbocycles. The Kier molecular flexibility index (Phi) is 10.1. The van der Waals surface area contributed by atoms with E-state index in [1.54, 1.807) is 9.80 Å². The number of carbonyl (C=O) groups is 4. The molecule has 0 radical (unpaired) electrons. The van der Waals surface area contributed by atoms with E-state index < -0.39 is 23.3 Å². The van der Waals surface area contributed by atoms with Crippen molar-refractivity contribution in [1.82, 2.24) is 14.7 Å². The van der Waals surface area contributed by atoms with Crippen LogP contribution in [0.25, 0.3) is 0 Å². The first-order chi connectivity index (χ1) is 16.2. The fourth-order valence-electron chi connectivity index (χ4n) is 4.52. The minimum Gasteiger partial charge on any atom is -0.458 e. The summed E-state index contributed by atoms with van der Waals surface area (Å²) in [7, 11) is 0. The smallest absolute Gasteiger partial charge is 0.329 e. The zero-order chi connectivity index (χ0) is 26.4. The van der Waals surface area contributed by atoms with Gasteiger partial charge in [-0.3, -0.25) is 14.5 Å². The van der Waals surface area contributed by atoms with Gasteiger partial charge in [0.1, 0.15) is 23.3 Å². The number of carbonyl (C=O) groups excluding carboxylic acids is 4. The van der Waals surface area contributed by atoms with Crippen LogP contribution in [-0.4, -0.2) is 94.5 Å². The van der Waals surface area contributed by atoms with E-state index >= 15 is 0 Å². The molecule has 0 aromatic heterocycles. The fourth-order valence-corrected chi connectivity index (χ4v) is 4.52. The second-order valence-electron chi connectivity index (χ2n) is 11.6. The normalized spacial score (nSPS) is 20.9. The highest BCUT2D eigenvalue weighted by atomic mass is 16.6. The SMILES string of the molecule is CCCCN(CC(=O)N1CCCC1C(=O)OC(C)(C)C)CC(=O)N1CCCC1C(=O)OC(C)(C)C. The number of amides is 2. The van der Waals surface area contributed by atoms with Gasteiger partial charge in [-0.05, 0) is 80.2 Å². The molecule has 0 aromatic rings. The molecule has 0 aromatic carbocycles. The van der Waals surface area contributed by atoms with Crippen molar-refractivity contribution < 1.29 is 28.7 Å². The van der Waals surface area contributed by atoms with Crippen LogP contribution in [-0.2, 0) is 28.7 Å². The summed E-state index contributed by atoms with van der Waals surface area (Å²) in [5, 5.41) is 0. The summed E-state index contributed by atoms with van der Waals surface area (Å²) < 4.78 is 11.0. The predicted octanol–water partition coefficient (Wildman–Crippen LogP) is 2.75. The molecule has 2 aliphatic heterocycles. The summed E-state index contributed by atoms with van der Waals surface area (Å²) in [5.74, 6) is -1.10. The molecule has 0 bridgehead atoms.